The lowest BCUT2D eigenvalue weighted by molar-refractivity contribution is 0.102. The molecule has 2 heterocycles. The summed E-state index contributed by atoms with van der Waals surface area (Å²) in [7, 11) is 1.63. The molecule has 41 heavy (non-hydrogen) atoms. The molecule has 0 saturated carbocycles. The number of nitrogens with one attached hydrogen (secondary N) is 2. The lowest BCUT2D eigenvalue weighted by atomic mass is 9.97. The van der Waals surface area contributed by atoms with E-state index >= 15 is 0 Å². The van der Waals surface area contributed by atoms with Crippen LogP contribution in [0.5, 0.6) is 5.75 Å². The average molecular weight is 573 g/mol. The zero-order valence-corrected chi connectivity index (χ0v) is 24.8. The number of ether oxygens (including phenoxy) is 1. The van der Waals surface area contributed by atoms with Crippen LogP contribution in [0.25, 0.3) is 22.4 Å². The van der Waals surface area contributed by atoms with Gasteiger partial charge in [-0.3, -0.25) is 14.8 Å². The Labute approximate surface area is 247 Å². The number of aromatic nitrogens is 2. The van der Waals surface area contributed by atoms with Crippen LogP contribution in [-0.2, 0) is 13.0 Å². The van der Waals surface area contributed by atoms with Gasteiger partial charge in [-0.2, -0.15) is 0 Å². The Morgan fingerprint density at radius 1 is 1.07 bits per heavy atom. The number of halogens is 1. The smallest absolute Gasteiger partial charge is 0.274 e. The Morgan fingerprint density at radius 3 is 2.61 bits per heavy atom. The first kappa shape index (κ1) is 30.2. The van der Waals surface area contributed by atoms with Gasteiger partial charge in [-0.25, -0.2) is 0 Å². The largest absolute Gasteiger partial charge is 0.496 e. The lowest BCUT2D eigenvalue weighted by Crippen LogP contribution is -2.17. The third kappa shape index (κ3) is 7.50. The number of nitrogens with zero attached hydrogens (tertiary/aromatic N) is 2. The number of carbonyl (C=O) groups is 1. The molecule has 0 radical (unpaired) electrons. The van der Waals surface area contributed by atoms with E-state index in [1.54, 1.807) is 25.6 Å². The number of benzene rings is 2. The fourth-order valence-corrected chi connectivity index (χ4v) is 4.93. The third-order valence-electron chi connectivity index (χ3n) is 6.99. The summed E-state index contributed by atoms with van der Waals surface area (Å²) in [6.07, 6.45) is 5.54. The molecule has 0 aliphatic rings. The first-order valence-electron chi connectivity index (χ1n) is 13.8. The first-order chi connectivity index (χ1) is 19.8. The molecule has 0 unspecified atom stereocenters. The minimum absolute atomic E-state index is 0.0690. The SMILES string of the molecule is COc1cc(-c2nccc(-c3cccc(NC(=O)c4ccc(CCC(C)C)cn4)c3C)c2Cl)ccc1CNCCO. The molecule has 0 fully saturated rings. The number of carbonyl (C=O) groups excluding carboxylic acids is 1. The van der Waals surface area contributed by atoms with E-state index in [0.29, 0.717) is 46.9 Å². The number of aryl methyl sites for hydroxylation is 1. The maximum absolute atomic E-state index is 13.0. The summed E-state index contributed by atoms with van der Waals surface area (Å²) in [5, 5.41) is 15.7. The topological polar surface area (TPSA) is 96.4 Å². The molecule has 4 rings (SSSR count). The van der Waals surface area contributed by atoms with Gasteiger partial charge in [0.15, 0.2) is 0 Å². The van der Waals surface area contributed by atoms with Gasteiger partial charge in [0.05, 0.1) is 24.4 Å². The van der Waals surface area contributed by atoms with E-state index < -0.39 is 0 Å². The number of anilines is 1. The third-order valence-corrected chi connectivity index (χ3v) is 7.38. The van der Waals surface area contributed by atoms with Crippen molar-refractivity contribution in [1.29, 1.82) is 0 Å². The number of rotatable bonds is 12. The summed E-state index contributed by atoms with van der Waals surface area (Å²) in [6.45, 7) is 7.49. The van der Waals surface area contributed by atoms with Crippen LogP contribution in [0.1, 0.15) is 47.4 Å². The van der Waals surface area contributed by atoms with E-state index in [1.165, 1.54) is 0 Å². The van der Waals surface area contributed by atoms with Gasteiger partial charge in [-0.05, 0) is 66.6 Å². The van der Waals surface area contributed by atoms with Crippen molar-refractivity contribution in [2.75, 3.05) is 25.6 Å². The maximum atomic E-state index is 13.0. The highest BCUT2D eigenvalue weighted by atomic mass is 35.5. The van der Waals surface area contributed by atoms with Crippen molar-refractivity contribution in [3.05, 3.63) is 94.4 Å². The molecule has 0 bridgehead atoms. The molecule has 0 aliphatic heterocycles. The Hall–Kier alpha value is -3.78. The van der Waals surface area contributed by atoms with E-state index in [-0.39, 0.29) is 12.5 Å². The Morgan fingerprint density at radius 2 is 1.90 bits per heavy atom. The second-order valence-electron chi connectivity index (χ2n) is 10.4. The zero-order valence-electron chi connectivity index (χ0n) is 24.0. The van der Waals surface area contributed by atoms with E-state index in [1.807, 2.05) is 55.5 Å². The molecule has 0 saturated heterocycles. The van der Waals surface area contributed by atoms with Crippen molar-refractivity contribution in [3.63, 3.8) is 0 Å². The number of aliphatic hydroxyl groups is 1. The molecule has 8 heteroatoms. The van der Waals surface area contributed by atoms with Crippen LogP contribution in [0.3, 0.4) is 0 Å². The first-order valence-corrected chi connectivity index (χ1v) is 14.2. The van der Waals surface area contributed by atoms with Crippen LogP contribution in [0.4, 0.5) is 5.69 Å². The summed E-state index contributed by atoms with van der Waals surface area (Å²) < 4.78 is 5.61. The molecule has 3 N–H and O–H groups in total. The summed E-state index contributed by atoms with van der Waals surface area (Å²) >= 11 is 6.96. The van der Waals surface area contributed by atoms with Gasteiger partial charge < -0.3 is 20.5 Å². The summed E-state index contributed by atoms with van der Waals surface area (Å²) in [4.78, 5) is 22.0. The number of pyridine rings is 2. The highest BCUT2D eigenvalue weighted by Crippen LogP contribution is 2.39. The average Bonchev–Trinajstić information content (AvgIpc) is 2.98. The van der Waals surface area contributed by atoms with Gasteiger partial charge >= 0.3 is 0 Å². The summed E-state index contributed by atoms with van der Waals surface area (Å²) in [6, 6.07) is 17.2. The van der Waals surface area contributed by atoms with Gasteiger partial charge in [0, 0.05) is 47.9 Å². The zero-order chi connectivity index (χ0) is 29.4. The quantitative estimate of drug-likeness (QED) is 0.163. The van der Waals surface area contributed by atoms with Gasteiger partial charge in [-0.1, -0.05) is 55.8 Å². The van der Waals surface area contributed by atoms with Crippen LogP contribution in [0.2, 0.25) is 5.02 Å². The molecule has 2 aromatic carbocycles. The Kier molecular flexibility index (Phi) is 10.5. The maximum Gasteiger partial charge on any atom is 0.274 e. The lowest BCUT2D eigenvalue weighted by Gasteiger charge is -2.16. The number of hydrogen-bond donors (Lipinski definition) is 3. The Balaban J connectivity index is 1.58. The molecular weight excluding hydrogens is 536 g/mol. The highest BCUT2D eigenvalue weighted by Gasteiger charge is 2.17. The molecule has 4 aromatic rings. The molecule has 2 aromatic heterocycles. The number of methoxy groups -OCH3 is 1. The van der Waals surface area contributed by atoms with Gasteiger partial charge in [0.25, 0.3) is 5.91 Å². The van der Waals surface area contributed by atoms with Crippen molar-refractivity contribution < 1.29 is 14.6 Å². The molecule has 0 spiro atoms. The van der Waals surface area contributed by atoms with Crippen molar-refractivity contribution in [1.82, 2.24) is 15.3 Å². The van der Waals surface area contributed by atoms with Crippen molar-refractivity contribution in [2.45, 2.75) is 40.2 Å². The summed E-state index contributed by atoms with van der Waals surface area (Å²) in [5.74, 6) is 1.06. The number of hydrogen-bond acceptors (Lipinski definition) is 6. The molecule has 1 amide bonds. The minimum atomic E-state index is -0.261. The van der Waals surface area contributed by atoms with Crippen molar-refractivity contribution >= 4 is 23.2 Å². The van der Waals surface area contributed by atoms with Crippen LogP contribution in [0, 0.1) is 12.8 Å². The fraction of sp³-hybridized carbons (Fsp3) is 0.303. The molecule has 0 aliphatic carbocycles. The normalized spacial score (nSPS) is 11.1. The number of aliphatic hydroxyl groups excluding tert-OH is 1. The predicted octanol–water partition coefficient (Wildman–Crippen LogP) is 6.70. The molecular formula is C33H37ClN4O3. The van der Waals surface area contributed by atoms with E-state index in [9.17, 15) is 4.79 Å². The molecule has 0 atom stereocenters. The second kappa shape index (κ2) is 14.2. The van der Waals surface area contributed by atoms with Crippen LogP contribution >= 0.6 is 11.6 Å². The van der Waals surface area contributed by atoms with E-state index in [4.69, 9.17) is 21.4 Å². The molecule has 7 nitrogen and oxygen atoms in total. The van der Waals surface area contributed by atoms with Crippen LogP contribution in [0.15, 0.2) is 67.0 Å². The minimum Gasteiger partial charge on any atom is -0.496 e. The van der Waals surface area contributed by atoms with E-state index in [0.717, 1.165) is 46.2 Å². The van der Waals surface area contributed by atoms with Gasteiger partial charge in [0.1, 0.15) is 11.4 Å². The molecule has 214 valence electrons. The second-order valence-corrected chi connectivity index (χ2v) is 10.7. The van der Waals surface area contributed by atoms with Gasteiger partial charge in [-0.15, -0.1) is 0 Å². The van der Waals surface area contributed by atoms with Crippen molar-refractivity contribution in [2.24, 2.45) is 5.92 Å². The van der Waals surface area contributed by atoms with E-state index in [2.05, 4.69) is 34.4 Å². The van der Waals surface area contributed by atoms with Crippen LogP contribution < -0.4 is 15.4 Å². The van der Waals surface area contributed by atoms with Crippen molar-refractivity contribution in [3.8, 4) is 28.1 Å². The predicted molar refractivity (Wildman–Crippen MR) is 166 cm³/mol. The number of amides is 1. The van der Waals surface area contributed by atoms with Crippen LogP contribution in [-0.4, -0.2) is 41.2 Å². The monoisotopic (exact) mass is 572 g/mol. The fourth-order valence-electron chi connectivity index (χ4n) is 4.60. The summed E-state index contributed by atoms with van der Waals surface area (Å²) in [5.41, 5.74) is 7.20. The van der Waals surface area contributed by atoms with Gasteiger partial charge in [0.2, 0.25) is 0 Å². The highest BCUT2D eigenvalue weighted by molar-refractivity contribution is 6.35. The standard InChI is InChI=1S/C33H37ClN4O3/c1-21(2)8-9-23-10-13-29(37-19-23)33(40)38-28-7-5-6-26(22(28)3)27-14-15-36-32(31(27)34)24-11-12-25(20-35-16-17-39)30(18-24)41-4/h5-7,10-15,18-19,21,35,39H,8-9,16-17,20H2,1-4H3,(H,38,40). The Bertz CT molecular complexity index is 1490.